The number of nitrogens with one attached hydrogen (secondary N) is 1. The molecule has 1 aromatic rings. The van der Waals surface area contributed by atoms with Crippen LogP contribution in [0.15, 0.2) is 15.2 Å². The van der Waals surface area contributed by atoms with E-state index in [9.17, 15) is 5.11 Å². The molecule has 0 aliphatic rings. The third-order valence-corrected chi connectivity index (χ3v) is 3.84. The van der Waals surface area contributed by atoms with Crippen molar-refractivity contribution < 1.29 is 5.11 Å². The first kappa shape index (κ1) is 13.2. The predicted octanol–water partition coefficient (Wildman–Crippen LogP) is 3.01. The molecule has 1 unspecified atom stereocenters. The van der Waals surface area contributed by atoms with Gasteiger partial charge in [-0.25, -0.2) is 0 Å². The van der Waals surface area contributed by atoms with Crippen LogP contribution in [0, 0.1) is 5.41 Å². The van der Waals surface area contributed by atoms with E-state index in [4.69, 9.17) is 0 Å². The lowest BCUT2D eigenvalue weighted by molar-refractivity contribution is 0.0628. The van der Waals surface area contributed by atoms with Gasteiger partial charge in [0.25, 0.3) is 0 Å². The number of thiophene rings is 1. The zero-order valence-electron chi connectivity index (χ0n) is 9.38. The quantitative estimate of drug-likeness (QED) is 0.894. The molecule has 0 aliphatic heterocycles. The second-order valence-corrected chi connectivity index (χ2v) is 7.06. The molecule has 0 bridgehead atoms. The molecule has 2 nitrogen and oxygen atoms in total. The average molecular weight is 292 g/mol. The summed E-state index contributed by atoms with van der Waals surface area (Å²) < 4.78 is 1.15. The maximum atomic E-state index is 9.80. The van der Waals surface area contributed by atoms with Gasteiger partial charge < -0.3 is 10.4 Å². The van der Waals surface area contributed by atoms with Gasteiger partial charge in [0.2, 0.25) is 0 Å². The van der Waals surface area contributed by atoms with Gasteiger partial charge in [-0.05, 0) is 38.4 Å². The number of aliphatic hydroxyl groups excluding tert-OH is 1. The van der Waals surface area contributed by atoms with Crippen molar-refractivity contribution in [2.24, 2.45) is 5.41 Å². The molecule has 86 valence electrons. The Hall–Kier alpha value is 0.100. The first-order valence-corrected chi connectivity index (χ1v) is 6.68. The summed E-state index contributed by atoms with van der Waals surface area (Å²) >= 11 is 5.11. The van der Waals surface area contributed by atoms with Crippen LogP contribution in [-0.4, -0.2) is 17.8 Å². The monoisotopic (exact) mass is 291 g/mol. The molecule has 0 saturated carbocycles. The number of halogens is 1. The van der Waals surface area contributed by atoms with Gasteiger partial charge in [0.1, 0.15) is 0 Å². The highest BCUT2D eigenvalue weighted by atomic mass is 79.9. The standard InChI is InChI=1S/C11H18BrNOS/c1-11(2,3)9(14)6-13-5-8-4-10(12)15-7-8/h4,7,9,13-14H,5-6H2,1-3H3. The Morgan fingerprint density at radius 2 is 2.20 bits per heavy atom. The molecular weight excluding hydrogens is 274 g/mol. The van der Waals surface area contributed by atoms with Crippen LogP contribution >= 0.6 is 27.3 Å². The lowest BCUT2D eigenvalue weighted by atomic mass is 9.89. The van der Waals surface area contributed by atoms with Crippen LogP contribution in [0.25, 0.3) is 0 Å². The number of hydrogen-bond acceptors (Lipinski definition) is 3. The Balaban J connectivity index is 2.28. The minimum Gasteiger partial charge on any atom is -0.391 e. The zero-order valence-corrected chi connectivity index (χ0v) is 11.8. The van der Waals surface area contributed by atoms with E-state index in [-0.39, 0.29) is 11.5 Å². The molecule has 1 aromatic heterocycles. The number of rotatable bonds is 4. The zero-order chi connectivity index (χ0) is 11.5. The summed E-state index contributed by atoms with van der Waals surface area (Å²) in [6, 6.07) is 2.10. The maximum absolute atomic E-state index is 9.80. The summed E-state index contributed by atoms with van der Waals surface area (Å²) in [5.41, 5.74) is 1.20. The normalized spacial score (nSPS) is 14.2. The smallest absolute Gasteiger partial charge is 0.0712 e. The van der Waals surface area contributed by atoms with E-state index in [0.717, 1.165) is 10.3 Å². The van der Waals surface area contributed by atoms with Crippen LogP contribution in [0.3, 0.4) is 0 Å². The molecule has 15 heavy (non-hydrogen) atoms. The van der Waals surface area contributed by atoms with Gasteiger partial charge in [0.05, 0.1) is 9.89 Å². The molecule has 1 rings (SSSR count). The number of hydrogen-bond donors (Lipinski definition) is 2. The fourth-order valence-corrected chi connectivity index (χ4v) is 2.31. The third-order valence-electron chi connectivity index (χ3n) is 2.29. The minimum atomic E-state index is -0.306. The van der Waals surface area contributed by atoms with Gasteiger partial charge in [-0.1, -0.05) is 20.8 Å². The van der Waals surface area contributed by atoms with Gasteiger partial charge >= 0.3 is 0 Å². The van der Waals surface area contributed by atoms with Gasteiger partial charge in [-0.2, -0.15) is 0 Å². The van der Waals surface area contributed by atoms with Crippen molar-refractivity contribution in [1.29, 1.82) is 0 Å². The van der Waals surface area contributed by atoms with Crippen LogP contribution in [0.2, 0.25) is 0 Å². The maximum Gasteiger partial charge on any atom is 0.0712 e. The van der Waals surface area contributed by atoms with Gasteiger partial charge in [0.15, 0.2) is 0 Å². The van der Waals surface area contributed by atoms with E-state index < -0.39 is 0 Å². The van der Waals surface area contributed by atoms with Crippen LogP contribution < -0.4 is 5.32 Å². The summed E-state index contributed by atoms with van der Waals surface area (Å²) in [5.74, 6) is 0. The van der Waals surface area contributed by atoms with E-state index in [0.29, 0.717) is 6.54 Å². The second kappa shape index (κ2) is 5.43. The van der Waals surface area contributed by atoms with Crippen molar-refractivity contribution in [2.75, 3.05) is 6.54 Å². The summed E-state index contributed by atoms with van der Waals surface area (Å²) in [5, 5.41) is 15.2. The summed E-state index contributed by atoms with van der Waals surface area (Å²) in [7, 11) is 0. The largest absolute Gasteiger partial charge is 0.391 e. The molecule has 0 saturated heterocycles. The predicted molar refractivity (Wildman–Crippen MR) is 69.2 cm³/mol. The Morgan fingerprint density at radius 1 is 1.53 bits per heavy atom. The van der Waals surface area contributed by atoms with E-state index in [1.807, 2.05) is 20.8 Å². The molecule has 0 amide bonds. The van der Waals surface area contributed by atoms with Crippen molar-refractivity contribution in [1.82, 2.24) is 5.32 Å². The molecule has 0 aliphatic carbocycles. The highest BCUT2D eigenvalue weighted by Gasteiger charge is 2.21. The highest BCUT2D eigenvalue weighted by Crippen LogP contribution is 2.21. The van der Waals surface area contributed by atoms with E-state index >= 15 is 0 Å². The highest BCUT2D eigenvalue weighted by molar-refractivity contribution is 9.11. The summed E-state index contributed by atoms with van der Waals surface area (Å²) in [4.78, 5) is 0. The molecule has 0 radical (unpaired) electrons. The van der Waals surface area contributed by atoms with Gasteiger partial charge in [0, 0.05) is 13.1 Å². The van der Waals surface area contributed by atoms with Crippen LogP contribution in [-0.2, 0) is 6.54 Å². The molecule has 1 heterocycles. The van der Waals surface area contributed by atoms with Crippen LogP contribution in [0.4, 0.5) is 0 Å². The molecule has 0 fully saturated rings. The average Bonchev–Trinajstić information content (AvgIpc) is 2.49. The topological polar surface area (TPSA) is 32.3 Å². The fourth-order valence-electron chi connectivity index (χ4n) is 1.10. The first-order chi connectivity index (χ1) is 6.89. The Labute approximate surface area is 104 Å². The van der Waals surface area contributed by atoms with Gasteiger partial charge in [-0.3, -0.25) is 0 Å². The molecule has 4 heteroatoms. The van der Waals surface area contributed by atoms with Crippen molar-refractivity contribution in [3.05, 3.63) is 20.8 Å². The van der Waals surface area contributed by atoms with Crippen molar-refractivity contribution in [2.45, 2.75) is 33.4 Å². The summed E-state index contributed by atoms with van der Waals surface area (Å²) in [6.45, 7) is 7.58. The third kappa shape index (κ3) is 4.64. The van der Waals surface area contributed by atoms with Crippen LogP contribution in [0.5, 0.6) is 0 Å². The van der Waals surface area contributed by atoms with Crippen molar-refractivity contribution in [3.63, 3.8) is 0 Å². The minimum absolute atomic E-state index is 0.0533. The molecular formula is C11H18BrNOS. The molecule has 2 N–H and O–H groups in total. The Bertz CT molecular complexity index is 306. The summed E-state index contributed by atoms with van der Waals surface area (Å²) in [6.07, 6.45) is -0.306. The Kier molecular flexibility index (Phi) is 4.77. The van der Waals surface area contributed by atoms with Crippen molar-refractivity contribution >= 4 is 27.3 Å². The second-order valence-electron chi connectivity index (χ2n) is 4.77. The van der Waals surface area contributed by atoms with E-state index in [1.165, 1.54) is 5.56 Å². The first-order valence-electron chi connectivity index (χ1n) is 5.01. The lowest BCUT2D eigenvalue weighted by Gasteiger charge is -2.25. The SMILES string of the molecule is CC(C)(C)C(O)CNCc1csc(Br)c1. The van der Waals surface area contributed by atoms with E-state index in [2.05, 4.69) is 32.7 Å². The Morgan fingerprint density at radius 3 is 2.67 bits per heavy atom. The molecule has 0 aromatic carbocycles. The number of aliphatic hydroxyl groups is 1. The van der Waals surface area contributed by atoms with Crippen LogP contribution in [0.1, 0.15) is 26.3 Å². The van der Waals surface area contributed by atoms with E-state index in [1.54, 1.807) is 11.3 Å². The molecule has 0 spiro atoms. The van der Waals surface area contributed by atoms with Gasteiger partial charge in [-0.15, -0.1) is 11.3 Å². The fraction of sp³-hybridized carbons (Fsp3) is 0.636. The van der Waals surface area contributed by atoms with Crippen molar-refractivity contribution in [3.8, 4) is 0 Å². The lowest BCUT2D eigenvalue weighted by Crippen LogP contribution is -2.36. The molecule has 1 atom stereocenters.